The maximum absolute atomic E-state index is 13.1. The van der Waals surface area contributed by atoms with Crippen molar-refractivity contribution in [3.63, 3.8) is 0 Å². The van der Waals surface area contributed by atoms with Gasteiger partial charge in [-0.1, -0.05) is 35.9 Å². The lowest BCUT2D eigenvalue weighted by atomic mass is 10.1. The van der Waals surface area contributed by atoms with Crippen LogP contribution in [0.5, 0.6) is 5.88 Å². The van der Waals surface area contributed by atoms with E-state index in [1.807, 2.05) is 0 Å². The van der Waals surface area contributed by atoms with E-state index in [9.17, 15) is 23.1 Å². The van der Waals surface area contributed by atoms with E-state index < -0.39 is 30.5 Å². The maximum Gasteiger partial charge on any atom is 0.435 e. The van der Waals surface area contributed by atoms with Crippen LogP contribution >= 0.6 is 11.6 Å². The number of ether oxygens (including phenoxy) is 1. The fraction of sp³-hybridized carbons (Fsp3) is 0.222. The molecular formula is C18H15ClF3N3O3. The summed E-state index contributed by atoms with van der Waals surface area (Å²) in [6.07, 6.45) is -0.284. The Labute approximate surface area is 162 Å². The lowest BCUT2D eigenvalue weighted by Gasteiger charge is -2.13. The molecule has 0 spiro atoms. The molecule has 0 saturated carbocycles. The van der Waals surface area contributed by atoms with Gasteiger partial charge >= 0.3 is 6.18 Å². The molecule has 6 nitrogen and oxygen atoms in total. The number of aromatic nitrogens is 2. The van der Waals surface area contributed by atoms with Crippen LogP contribution in [0.15, 0.2) is 54.3 Å². The number of alkyl halides is 3. The molecule has 1 amide bonds. The van der Waals surface area contributed by atoms with E-state index in [4.69, 9.17) is 16.3 Å². The molecule has 0 radical (unpaired) electrons. The first-order valence-electron chi connectivity index (χ1n) is 8.15. The highest BCUT2D eigenvalue weighted by atomic mass is 35.5. The van der Waals surface area contributed by atoms with Crippen molar-refractivity contribution in [1.82, 2.24) is 15.1 Å². The van der Waals surface area contributed by atoms with Gasteiger partial charge in [0.1, 0.15) is 0 Å². The number of benzene rings is 1. The number of allylic oxidation sites excluding steroid dienone is 1. The van der Waals surface area contributed by atoms with Crippen LogP contribution in [0.25, 0.3) is 5.69 Å². The van der Waals surface area contributed by atoms with E-state index in [0.29, 0.717) is 18.2 Å². The Morgan fingerprint density at radius 2 is 2.14 bits per heavy atom. The lowest BCUT2D eigenvalue weighted by Crippen LogP contribution is -2.29. The Morgan fingerprint density at radius 1 is 1.39 bits per heavy atom. The van der Waals surface area contributed by atoms with Crippen molar-refractivity contribution in [2.45, 2.75) is 18.7 Å². The van der Waals surface area contributed by atoms with Gasteiger partial charge in [0, 0.05) is 11.8 Å². The highest BCUT2D eigenvalue weighted by molar-refractivity contribution is 6.32. The van der Waals surface area contributed by atoms with Crippen LogP contribution in [0.1, 0.15) is 12.1 Å². The zero-order chi connectivity index (χ0) is 20.3. The van der Waals surface area contributed by atoms with Gasteiger partial charge in [-0.25, -0.2) is 0 Å². The summed E-state index contributed by atoms with van der Waals surface area (Å²) in [7, 11) is 0. The standard InChI is InChI=1S/C18H15ClF3N3O3/c19-13-3-1-2-4-14(13)25-17(9-15(24-25)18(20,21)22)28-10-16(27)23-11-5-7-12(26)8-6-11/h1-7,9,12,26H,8,10H2,(H,23,27). The largest absolute Gasteiger partial charge is 0.467 e. The molecule has 1 atom stereocenters. The number of carbonyl (C=O) groups is 1. The zero-order valence-electron chi connectivity index (χ0n) is 14.3. The molecule has 28 heavy (non-hydrogen) atoms. The van der Waals surface area contributed by atoms with Gasteiger partial charge in [0.25, 0.3) is 5.91 Å². The summed E-state index contributed by atoms with van der Waals surface area (Å²) in [4.78, 5) is 12.0. The molecule has 10 heteroatoms. The Hall–Kier alpha value is -2.78. The summed E-state index contributed by atoms with van der Waals surface area (Å²) in [5, 5.41) is 15.6. The first kappa shape index (κ1) is 20.0. The maximum atomic E-state index is 13.1. The highest BCUT2D eigenvalue weighted by Gasteiger charge is 2.36. The molecule has 0 saturated heterocycles. The van der Waals surface area contributed by atoms with Crippen LogP contribution in [-0.4, -0.2) is 33.5 Å². The number of hydrogen-bond acceptors (Lipinski definition) is 4. The minimum Gasteiger partial charge on any atom is -0.467 e. The molecule has 0 aliphatic heterocycles. The van der Waals surface area contributed by atoms with Gasteiger partial charge in [-0.3, -0.25) is 4.79 Å². The van der Waals surface area contributed by atoms with Crippen molar-refractivity contribution >= 4 is 17.5 Å². The Balaban J connectivity index is 1.77. The number of nitrogens with zero attached hydrogens (tertiary/aromatic N) is 2. The third-order valence-corrected chi connectivity index (χ3v) is 4.08. The van der Waals surface area contributed by atoms with Gasteiger partial charge in [0.05, 0.1) is 16.8 Å². The zero-order valence-corrected chi connectivity index (χ0v) is 15.0. The molecule has 1 aromatic carbocycles. The van der Waals surface area contributed by atoms with E-state index in [2.05, 4.69) is 10.4 Å². The molecule has 148 valence electrons. The number of aliphatic hydroxyl groups is 1. The molecule has 2 aromatic rings. The molecule has 1 unspecified atom stereocenters. The van der Waals surface area contributed by atoms with Crippen LogP contribution in [0.4, 0.5) is 13.2 Å². The predicted molar refractivity (Wildman–Crippen MR) is 95.1 cm³/mol. The monoisotopic (exact) mass is 413 g/mol. The first-order valence-corrected chi connectivity index (χ1v) is 8.53. The third kappa shape index (κ3) is 4.73. The number of halogens is 4. The van der Waals surface area contributed by atoms with E-state index in [1.165, 1.54) is 24.3 Å². The van der Waals surface area contributed by atoms with Gasteiger partial charge in [-0.2, -0.15) is 23.0 Å². The van der Waals surface area contributed by atoms with Gasteiger partial charge in [0.2, 0.25) is 5.88 Å². The van der Waals surface area contributed by atoms with E-state index in [-0.39, 0.29) is 16.6 Å². The predicted octanol–water partition coefficient (Wildman–Crippen LogP) is 3.24. The van der Waals surface area contributed by atoms with Crippen molar-refractivity contribution in [2.24, 2.45) is 0 Å². The van der Waals surface area contributed by atoms with E-state index >= 15 is 0 Å². The molecule has 2 N–H and O–H groups in total. The van der Waals surface area contributed by atoms with Crippen LogP contribution in [0.3, 0.4) is 0 Å². The average molecular weight is 414 g/mol. The number of rotatable bonds is 5. The fourth-order valence-electron chi connectivity index (χ4n) is 2.44. The van der Waals surface area contributed by atoms with Crippen molar-refractivity contribution in [3.8, 4) is 11.6 Å². The molecule has 1 aliphatic rings. The topological polar surface area (TPSA) is 76.4 Å². The minimum atomic E-state index is -4.69. The summed E-state index contributed by atoms with van der Waals surface area (Å²) >= 11 is 6.05. The van der Waals surface area contributed by atoms with E-state index in [1.54, 1.807) is 18.2 Å². The van der Waals surface area contributed by atoms with Crippen molar-refractivity contribution < 1.29 is 27.8 Å². The molecule has 1 aliphatic carbocycles. The number of nitrogens with one attached hydrogen (secondary N) is 1. The second-order valence-electron chi connectivity index (χ2n) is 5.89. The Kier molecular flexibility index (Phi) is 5.76. The van der Waals surface area contributed by atoms with Gasteiger partial charge in [0.15, 0.2) is 12.3 Å². The Morgan fingerprint density at radius 3 is 2.79 bits per heavy atom. The smallest absolute Gasteiger partial charge is 0.435 e. The van der Waals surface area contributed by atoms with Gasteiger partial charge in [-0.05, 0) is 24.6 Å². The first-order chi connectivity index (χ1) is 13.2. The van der Waals surface area contributed by atoms with Crippen LogP contribution in [-0.2, 0) is 11.0 Å². The average Bonchev–Trinajstić information content (AvgIpc) is 3.07. The summed E-state index contributed by atoms with van der Waals surface area (Å²) in [5.41, 5.74) is -0.522. The quantitative estimate of drug-likeness (QED) is 0.789. The molecule has 0 bridgehead atoms. The van der Waals surface area contributed by atoms with Gasteiger partial charge < -0.3 is 15.2 Å². The summed E-state index contributed by atoms with van der Waals surface area (Å²) in [6.45, 7) is -0.540. The van der Waals surface area contributed by atoms with Crippen molar-refractivity contribution in [2.75, 3.05) is 6.61 Å². The number of para-hydroxylation sites is 1. The second-order valence-corrected chi connectivity index (χ2v) is 6.29. The molecule has 1 aromatic heterocycles. The summed E-state index contributed by atoms with van der Waals surface area (Å²) < 4.78 is 45.3. The van der Waals surface area contributed by atoms with Crippen molar-refractivity contribution in [3.05, 3.63) is 65.0 Å². The SMILES string of the molecule is O=C(COc1cc(C(F)(F)F)nn1-c1ccccc1Cl)NC1=CCC(O)C=C1. The molecule has 1 heterocycles. The van der Waals surface area contributed by atoms with Crippen LogP contribution < -0.4 is 10.1 Å². The van der Waals surface area contributed by atoms with E-state index in [0.717, 1.165) is 4.68 Å². The molecular weight excluding hydrogens is 399 g/mol. The highest BCUT2D eigenvalue weighted by Crippen LogP contribution is 2.33. The van der Waals surface area contributed by atoms with Crippen LogP contribution in [0.2, 0.25) is 5.02 Å². The lowest BCUT2D eigenvalue weighted by molar-refractivity contribution is -0.141. The Bertz CT molecular complexity index is 938. The van der Waals surface area contributed by atoms with Gasteiger partial charge in [-0.15, -0.1) is 0 Å². The van der Waals surface area contributed by atoms with Crippen LogP contribution in [0, 0.1) is 0 Å². The third-order valence-electron chi connectivity index (χ3n) is 3.76. The number of amides is 1. The number of hydrogen-bond donors (Lipinski definition) is 2. The summed E-state index contributed by atoms with van der Waals surface area (Å²) in [6, 6.07) is 6.88. The number of carbonyl (C=O) groups excluding carboxylic acids is 1. The molecule has 0 fully saturated rings. The van der Waals surface area contributed by atoms with Crippen molar-refractivity contribution in [1.29, 1.82) is 0 Å². The number of aliphatic hydroxyl groups excluding tert-OH is 1. The second kappa shape index (κ2) is 8.07. The normalized spacial score (nSPS) is 16.6. The minimum absolute atomic E-state index is 0.171. The fourth-order valence-corrected chi connectivity index (χ4v) is 2.66. The molecule has 3 rings (SSSR count). The summed E-state index contributed by atoms with van der Waals surface area (Å²) in [5.74, 6) is -0.855.